The van der Waals surface area contributed by atoms with Crippen molar-refractivity contribution in [1.29, 1.82) is 0 Å². The third-order valence-corrected chi connectivity index (χ3v) is 4.74. The smallest absolute Gasteiger partial charge is 0.137 e. The molecule has 2 aromatic heterocycles. The lowest BCUT2D eigenvalue weighted by atomic mass is 10.1. The van der Waals surface area contributed by atoms with E-state index in [0.717, 1.165) is 53.2 Å². The number of ether oxygens (including phenoxy) is 1. The number of nitrogens with one attached hydrogen (secondary N) is 1. The molecular formula is C16H16N4OS. The second-order valence-electron chi connectivity index (χ2n) is 5.35. The Labute approximate surface area is 132 Å². The van der Waals surface area contributed by atoms with Crippen LogP contribution >= 0.6 is 11.3 Å². The molecule has 1 N–H and O–H groups in total. The molecule has 1 aliphatic heterocycles. The molecule has 3 aromatic rings. The maximum absolute atomic E-state index is 5.41. The van der Waals surface area contributed by atoms with Crippen LogP contribution < -0.4 is 5.32 Å². The van der Waals surface area contributed by atoms with Crippen molar-refractivity contribution in [3.8, 4) is 10.4 Å². The zero-order valence-electron chi connectivity index (χ0n) is 12.0. The van der Waals surface area contributed by atoms with Gasteiger partial charge in [-0.1, -0.05) is 6.07 Å². The molecule has 0 aliphatic carbocycles. The predicted octanol–water partition coefficient (Wildman–Crippen LogP) is 3.34. The molecule has 6 heteroatoms. The SMILES string of the molecule is c1nc(NC2CCOCC2)c2cc(-c3cncs3)ccc2n1. The number of benzene rings is 1. The van der Waals surface area contributed by atoms with Gasteiger partial charge in [-0.25, -0.2) is 9.97 Å². The first-order chi connectivity index (χ1) is 10.9. The summed E-state index contributed by atoms with van der Waals surface area (Å²) in [7, 11) is 0. The van der Waals surface area contributed by atoms with Crippen molar-refractivity contribution in [1.82, 2.24) is 15.0 Å². The fourth-order valence-electron chi connectivity index (χ4n) is 2.72. The summed E-state index contributed by atoms with van der Waals surface area (Å²) in [5.41, 5.74) is 3.96. The summed E-state index contributed by atoms with van der Waals surface area (Å²) in [6.45, 7) is 1.62. The number of fused-ring (bicyclic) bond motifs is 1. The molecule has 0 spiro atoms. The summed E-state index contributed by atoms with van der Waals surface area (Å²) >= 11 is 1.64. The molecule has 0 bridgehead atoms. The number of nitrogens with zero attached hydrogens (tertiary/aromatic N) is 3. The number of aromatic nitrogens is 3. The molecule has 3 heterocycles. The molecule has 22 heavy (non-hydrogen) atoms. The average Bonchev–Trinajstić information content (AvgIpc) is 3.10. The zero-order chi connectivity index (χ0) is 14.8. The molecular weight excluding hydrogens is 296 g/mol. The van der Waals surface area contributed by atoms with Crippen molar-refractivity contribution in [2.45, 2.75) is 18.9 Å². The van der Waals surface area contributed by atoms with Gasteiger partial charge in [-0.2, -0.15) is 0 Å². The third-order valence-electron chi connectivity index (χ3n) is 3.91. The lowest BCUT2D eigenvalue weighted by Gasteiger charge is -2.24. The van der Waals surface area contributed by atoms with E-state index in [2.05, 4.69) is 32.4 Å². The van der Waals surface area contributed by atoms with Crippen molar-refractivity contribution in [2.24, 2.45) is 0 Å². The predicted molar refractivity (Wildman–Crippen MR) is 88.1 cm³/mol. The van der Waals surface area contributed by atoms with Crippen molar-refractivity contribution < 1.29 is 4.74 Å². The zero-order valence-corrected chi connectivity index (χ0v) is 12.8. The van der Waals surface area contributed by atoms with Crippen LogP contribution in [0.25, 0.3) is 21.3 Å². The van der Waals surface area contributed by atoms with Gasteiger partial charge in [0.15, 0.2) is 0 Å². The third kappa shape index (κ3) is 2.67. The van der Waals surface area contributed by atoms with Crippen molar-refractivity contribution >= 4 is 28.1 Å². The van der Waals surface area contributed by atoms with Gasteiger partial charge in [0, 0.05) is 30.8 Å². The minimum atomic E-state index is 0.416. The number of thiazole rings is 1. The highest BCUT2D eigenvalue weighted by atomic mass is 32.1. The van der Waals surface area contributed by atoms with Crippen molar-refractivity contribution in [3.05, 3.63) is 36.2 Å². The van der Waals surface area contributed by atoms with E-state index in [-0.39, 0.29) is 0 Å². The Balaban J connectivity index is 1.72. The normalized spacial score (nSPS) is 16.0. The maximum atomic E-state index is 5.41. The van der Waals surface area contributed by atoms with Gasteiger partial charge >= 0.3 is 0 Å². The highest BCUT2D eigenvalue weighted by Gasteiger charge is 2.15. The Morgan fingerprint density at radius 3 is 2.91 bits per heavy atom. The summed E-state index contributed by atoms with van der Waals surface area (Å²) < 4.78 is 5.41. The van der Waals surface area contributed by atoms with E-state index in [1.807, 2.05) is 17.8 Å². The lowest BCUT2D eigenvalue weighted by Crippen LogP contribution is -2.28. The van der Waals surface area contributed by atoms with Crippen molar-refractivity contribution in [2.75, 3.05) is 18.5 Å². The first-order valence-corrected chi connectivity index (χ1v) is 8.26. The number of hydrogen-bond donors (Lipinski definition) is 1. The number of anilines is 1. The van der Waals surface area contributed by atoms with Crippen LogP contribution in [0.5, 0.6) is 0 Å². The van der Waals surface area contributed by atoms with E-state index in [0.29, 0.717) is 6.04 Å². The summed E-state index contributed by atoms with van der Waals surface area (Å²) in [6.07, 6.45) is 5.54. The summed E-state index contributed by atoms with van der Waals surface area (Å²) in [6, 6.07) is 6.69. The quantitative estimate of drug-likeness (QED) is 0.803. The standard InChI is InChI=1S/C16H16N4OS/c1-2-14-13(7-11(1)15-8-17-10-22-15)16(19-9-18-14)20-12-3-5-21-6-4-12/h1-2,7-10,12H,3-6H2,(H,18,19,20). The average molecular weight is 312 g/mol. The van der Waals surface area contributed by atoms with E-state index in [1.165, 1.54) is 0 Å². The van der Waals surface area contributed by atoms with Crippen LogP contribution in [0.3, 0.4) is 0 Å². The van der Waals surface area contributed by atoms with E-state index in [1.54, 1.807) is 17.7 Å². The highest BCUT2D eigenvalue weighted by Crippen LogP contribution is 2.29. The van der Waals surface area contributed by atoms with Crippen molar-refractivity contribution in [3.63, 3.8) is 0 Å². The molecule has 1 aliphatic rings. The minimum absolute atomic E-state index is 0.416. The lowest BCUT2D eigenvalue weighted by molar-refractivity contribution is 0.0904. The first kappa shape index (κ1) is 13.6. The van der Waals surface area contributed by atoms with Crippen LogP contribution in [-0.4, -0.2) is 34.2 Å². The van der Waals surface area contributed by atoms with E-state index in [4.69, 9.17) is 4.74 Å². The second-order valence-corrected chi connectivity index (χ2v) is 6.24. The Morgan fingerprint density at radius 1 is 1.18 bits per heavy atom. The van der Waals surface area contributed by atoms with Crippen LogP contribution in [0.4, 0.5) is 5.82 Å². The Kier molecular flexibility index (Phi) is 3.70. The fourth-order valence-corrected chi connectivity index (χ4v) is 3.34. The summed E-state index contributed by atoms with van der Waals surface area (Å²) in [4.78, 5) is 14.1. The van der Waals surface area contributed by atoms with Gasteiger partial charge < -0.3 is 10.1 Å². The van der Waals surface area contributed by atoms with E-state index < -0.39 is 0 Å². The number of hydrogen-bond acceptors (Lipinski definition) is 6. The highest BCUT2D eigenvalue weighted by molar-refractivity contribution is 7.13. The second kappa shape index (κ2) is 5.98. The molecule has 1 aromatic carbocycles. The van der Waals surface area contributed by atoms with Gasteiger partial charge in [-0.05, 0) is 30.5 Å². The number of rotatable bonds is 3. The molecule has 5 nitrogen and oxygen atoms in total. The summed E-state index contributed by atoms with van der Waals surface area (Å²) in [5.74, 6) is 0.906. The van der Waals surface area contributed by atoms with Gasteiger partial charge in [0.2, 0.25) is 0 Å². The van der Waals surface area contributed by atoms with Crippen LogP contribution in [0, 0.1) is 0 Å². The largest absolute Gasteiger partial charge is 0.381 e. The molecule has 0 amide bonds. The fraction of sp³-hybridized carbons (Fsp3) is 0.312. The van der Waals surface area contributed by atoms with Gasteiger partial charge in [-0.15, -0.1) is 11.3 Å². The summed E-state index contributed by atoms with van der Waals surface area (Å²) in [5, 5.41) is 4.61. The Bertz CT molecular complexity index is 769. The Hall–Kier alpha value is -2.05. The molecule has 0 radical (unpaired) electrons. The van der Waals surface area contributed by atoms with Crippen LogP contribution in [0.15, 0.2) is 36.2 Å². The van der Waals surface area contributed by atoms with Gasteiger partial charge in [0.05, 0.1) is 15.9 Å². The van der Waals surface area contributed by atoms with Gasteiger partial charge in [0.25, 0.3) is 0 Å². The molecule has 0 unspecified atom stereocenters. The van der Waals surface area contributed by atoms with Gasteiger partial charge in [0.1, 0.15) is 12.1 Å². The van der Waals surface area contributed by atoms with Crippen LogP contribution in [0.2, 0.25) is 0 Å². The van der Waals surface area contributed by atoms with E-state index in [9.17, 15) is 0 Å². The van der Waals surface area contributed by atoms with Gasteiger partial charge in [-0.3, -0.25) is 4.98 Å². The van der Waals surface area contributed by atoms with Crippen LogP contribution in [-0.2, 0) is 4.74 Å². The molecule has 0 saturated carbocycles. The first-order valence-electron chi connectivity index (χ1n) is 7.38. The monoisotopic (exact) mass is 312 g/mol. The molecule has 0 atom stereocenters. The topological polar surface area (TPSA) is 59.9 Å². The Morgan fingerprint density at radius 2 is 2.09 bits per heavy atom. The minimum Gasteiger partial charge on any atom is -0.381 e. The molecule has 112 valence electrons. The molecule has 1 fully saturated rings. The molecule has 1 saturated heterocycles. The molecule has 4 rings (SSSR count). The maximum Gasteiger partial charge on any atom is 0.137 e. The van der Waals surface area contributed by atoms with Crippen LogP contribution in [0.1, 0.15) is 12.8 Å². The van der Waals surface area contributed by atoms with E-state index >= 15 is 0 Å².